The fourth-order valence-electron chi connectivity index (χ4n) is 1.37. The summed E-state index contributed by atoms with van der Waals surface area (Å²) < 4.78 is 1.06. The van der Waals surface area contributed by atoms with E-state index in [1.54, 1.807) is 16.2 Å². The molecule has 1 amide bonds. The van der Waals surface area contributed by atoms with E-state index >= 15 is 0 Å². The van der Waals surface area contributed by atoms with Crippen molar-refractivity contribution in [2.75, 3.05) is 20.1 Å². The summed E-state index contributed by atoms with van der Waals surface area (Å²) in [6, 6.07) is 3.95. The van der Waals surface area contributed by atoms with E-state index in [2.05, 4.69) is 15.9 Å². The van der Waals surface area contributed by atoms with E-state index in [9.17, 15) is 4.79 Å². The lowest BCUT2D eigenvalue weighted by molar-refractivity contribution is -0.129. The molecule has 0 aliphatic carbocycles. The Hall–Kier alpha value is -0.390. The van der Waals surface area contributed by atoms with E-state index in [0.717, 1.165) is 15.2 Å². The number of amides is 1. The highest BCUT2D eigenvalue weighted by molar-refractivity contribution is 9.11. The summed E-state index contributed by atoms with van der Waals surface area (Å²) in [6.07, 6.45) is 0.476. The monoisotopic (exact) mass is 304 g/mol. The van der Waals surface area contributed by atoms with Crippen molar-refractivity contribution in [3.8, 4) is 0 Å². The van der Waals surface area contributed by atoms with Gasteiger partial charge in [0.1, 0.15) is 0 Å². The fraction of sp³-hybridized carbons (Fsp3) is 0.545. The molecule has 0 fully saturated rings. The Labute approximate surface area is 109 Å². The van der Waals surface area contributed by atoms with Crippen molar-refractivity contribution >= 4 is 33.2 Å². The molecule has 5 heteroatoms. The number of hydrogen-bond acceptors (Lipinski definition) is 3. The maximum absolute atomic E-state index is 11.8. The van der Waals surface area contributed by atoms with Crippen molar-refractivity contribution in [3.63, 3.8) is 0 Å². The lowest BCUT2D eigenvalue weighted by atomic mass is 10.1. The zero-order valence-corrected chi connectivity index (χ0v) is 12.0. The van der Waals surface area contributed by atoms with Crippen LogP contribution in [0.3, 0.4) is 0 Å². The highest BCUT2D eigenvalue weighted by Gasteiger charge is 2.13. The van der Waals surface area contributed by atoms with Gasteiger partial charge in [-0.2, -0.15) is 0 Å². The Kier molecular flexibility index (Phi) is 5.44. The standard InChI is InChI=1S/C11H17BrN2OS/c1-8(6-13)7-14(2)11(15)5-9-3-4-10(12)16-9/h3-4,8H,5-7,13H2,1-2H3. The van der Waals surface area contributed by atoms with Gasteiger partial charge < -0.3 is 10.6 Å². The molecule has 1 heterocycles. The number of nitrogens with two attached hydrogens (primary N) is 1. The first kappa shape index (κ1) is 13.7. The van der Waals surface area contributed by atoms with Crippen LogP contribution in [0.4, 0.5) is 0 Å². The second-order valence-corrected chi connectivity index (χ2v) is 6.55. The van der Waals surface area contributed by atoms with Crippen LogP contribution in [0.25, 0.3) is 0 Å². The van der Waals surface area contributed by atoms with Crippen molar-refractivity contribution in [1.82, 2.24) is 4.90 Å². The third-order valence-corrected chi connectivity index (χ3v) is 3.99. The van der Waals surface area contributed by atoms with Crippen LogP contribution in [-0.2, 0) is 11.2 Å². The number of carbonyl (C=O) groups is 1. The Morgan fingerprint density at radius 3 is 2.81 bits per heavy atom. The van der Waals surface area contributed by atoms with Gasteiger partial charge in [0, 0.05) is 18.5 Å². The molecule has 0 aromatic carbocycles. The van der Waals surface area contributed by atoms with Crippen molar-refractivity contribution < 1.29 is 4.79 Å². The average Bonchev–Trinajstić information content (AvgIpc) is 2.63. The summed E-state index contributed by atoms with van der Waals surface area (Å²) in [5.41, 5.74) is 5.53. The Balaban J connectivity index is 2.45. The van der Waals surface area contributed by atoms with Gasteiger partial charge in [0.05, 0.1) is 10.2 Å². The maximum atomic E-state index is 11.8. The van der Waals surface area contributed by atoms with Crippen LogP contribution in [0.2, 0.25) is 0 Å². The zero-order chi connectivity index (χ0) is 12.1. The van der Waals surface area contributed by atoms with Crippen molar-refractivity contribution in [3.05, 3.63) is 20.8 Å². The number of hydrogen-bond donors (Lipinski definition) is 1. The second kappa shape index (κ2) is 6.37. The SMILES string of the molecule is CC(CN)CN(C)C(=O)Cc1ccc(Br)s1. The van der Waals surface area contributed by atoms with E-state index in [4.69, 9.17) is 5.73 Å². The van der Waals surface area contributed by atoms with Crippen LogP contribution in [-0.4, -0.2) is 30.9 Å². The summed E-state index contributed by atoms with van der Waals surface area (Å²) in [7, 11) is 1.83. The first-order valence-electron chi connectivity index (χ1n) is 5.21. The number of carbonyl (C=O) groups excluding carboxylic acids is 1. The molecule has 1 rings (SSSR count). The van der Waals surface area contributed by atoms with E-state index in [-0.39, 0.29) is 5.91 Å². The molecule has 0 spiro atoms. The van der Waals surface area contributed by atoms with Gasteiger partial charge >= 0.3 is 0 Å². The lowest BCUT2D eigenvalue weighted by Crippen LogP contribution is -2.34. The molecule has 90 valence electrons. The smallest absolute Gasteiger partial charge is 0.227 e. The van der Waals surface area contributed by atoms with Crippen LogP contribution in [0.15, 0.2) is 15.9 Å². The molecule has 0 aliphatic rings. The molecule has 0 aliphatic heterocycles. The number of halogens is 1. The first-order chi connectivity index (χ1) is 7.52. The van der Waals surface area contributed by atoms with Gasteiger partial charge in [0.2, 0.25) is 5.91 Å². The number of likely N-dealkylation sites (N-methyl/N-ethyl adjacent to an activating group) is 1. The molecule has 1 unspecified atom stereocenters. The van der Waals surface area contributed by atoms with Crippen molar-refractivity contribution in [1.29, 1.82) is 0 Å². The third kappa shape index (κ3) is 4.23. The quantitative estimate of drug-likeness (QED) is 0.905. The lowest BCUT2D eigenvalue weighted by Gasteiger charge is -2.20. The van der Waals surface area contributed by atoms with Gasteiger partial charge in [-0.3, -0.25) is 4.79 Å². The summed E-state index contributed by atoms with van der Waals surface area (Å²) in [6.45, 7) is 3.38. The summed E-state index contributed by atoms with van der Waals surface area (Å²) >= 11 is 4.99. The normalized spacial score (nSPS) is 12.5. The van der Waals surface area contributed by atoms with Gasteiger partial charge in [0.25, 0.3) is 0 Å². The van der Waals surface area contributed by atoms with Gasteiger partial charge in [-0.25, -0.2) is 0 Å². The molecule has 0 saturated heterocycles. The number of nitrogens with zero attached hydrogens (tertiary/aromatic N) is 1. The van der Waals surface area contributed by atoms with E-state index in [1.807, 2.05) is 26.1 Å². The third-order valence-electron chi connectivity index (χ3n) is 2.37. The highest BCUT2D eigenvalue weighted by Crippen LogP contribution is 2.22. The topological polar surface area (TPSA) is 46.3 Å². The van der Waals surface area contributed by atoms with E-state index in [0.29, 0.717) is 18.9 Å². The van der Waals surface area contributed by atoms with Crippen molar-refractivity contribution in [2.24, 2.45) is 11.7 Å². The predicted molar refractivity (Wildman–Crippen MR) is 71.6 cm³/mol. The van der Waals surface area contributed by atoms with Crippen LogP contribution in [0, 0.1) is 5.92 Å². The largest absolute Gasteiger partial charge is 0.345 e. The summed E-state index contributed by atoms with van der Waals surface area (Å²) in [5.74, 6) is 0.499. The minimum Gasteiger partial charge on any atom is -0.345 e. The van der Waals surface area contributed by atoms with Crippen molar-refractivity contribution in [2.45, 2.75) is 13.3 Å². The van der Waals surface area contributed by atoms with Gasteiger partial charge in [-0.15, -0.1) is 11.3 Å². The molecule has 1 aromatic heterocycles. The van der Waals surface area contributed by atoms with Gasteiger partial charge in [-0.1, -0.05) is 6.92 Å². The van der Waals surface area contributed by atoms with Crippen LogP contribution in [0.1, 0.15) is 11.8 Å². The molecule has 3 nitrogen and oxygen atoms in total. The first-order valence-corrected chi connectivity index (χ1v) is 6.82. The van der Waals surface area contributed by atoms with E-state index in [1.165, 1.54) is 0 Å². The molecule has 0 bridgehead atoms. The fourth-order valence-corrected chi connectivity index (χ4v) is 2.85. The molecule has 1 atom stereocenters. The number of thiophene rings is 1. The molecular weight excluding hydrogens is 288 g/mol. The Morgan fingerprint density at radius 1 is 1.62 bits per heavy atom. The van der Waals surface area contributed by atoms with E-state index < -0.39 is 0 Å². The molecule has 1 aromatic rings. The second-order valence-electron chi connectivity index (χ2n) is 4.00. The Morgan fingerprint density at radius 2 is 2.31 bits per heavy atom. The predicted octanol–water partition coefficient (Wildman–Crippen LogP) is 2.11. The highest BCUT2D eigenvalue weighted by atomic mass is 79.9. The maximum Gasteiger partial charge on any atom is 0.227 e. The average molecular weight is 305 g/mol. The molecular formula is C11H17BrN2OS. The summed E-state index contributed by atoms with van der Waals surface area (Å²) in [4.78, 5) is 14.7. The number of rotatable bonds is 5. The summed E-state index contributed by atoms with van der Waals surface area (Å²) in [5, 5.41) is 0. The molecule has 0 saturated carbocycles. The van der Waals surface area contributed by atoms with Crippen LogP contribution < -0.4 is 5.73 Å². The molecule has 0 radical (unpaired) electrons. The molecule has 16 heavy (non-hydrogen) atoms. The molecule has 2 N–H and O–H groups in total. The Bertz CT molecular complexity index is 354. The van der Waals surface area contributed by atoms with Crippen LogP contribution >= 0.6 is 27.3 Å². The minimum atomic E-state index is 0.148. The van der Waals surface area contributed by atoms with Gasteiger partial charge in [-0.05, 0) is 40.5 Å². The minimum absolute atomic E-state index is 0.148. The zero-order valence-electron chi connectivity index (χ0n) is 9.57. The van der Waals surface area contributed by atoms with Gasteiger partial charge in [0.15, 0.2) is 0 Å². The van der Waals surface area contributed by atoms with Crippen LogP contribution in [0.5, 0.6) is 0 Å².